The highest BCUT2D eigenvalue weighted by atomic mass is 35.5. The van der Waals surface area contributed by atoms with Crippen LogP contribution in [0.25, 0.3) is 0 Å². The quantitative estimate of drug-likeness (QED) is 0.899. The van der Waals surface area contributed by atoms with E-state index in [0.29, 0.717) is 10.9 Å². The van der Waals surface area contributed by atoms with E-state index in [1.165, 1.54) is 0 Å². The molecule has 0 spiro atoms. The molecule has 132 valence electrons. The van der Waals surface area contributed by atoms with Gasteiger partial charge in [-0.15, -0.1) is 0 Å². The molecule has 2 aliphatic rings. The van der Waals surface area contributed by atoms with E-state index in [9.17, 15) is 4.79 Å². The van der Waals surface area contributed by atoms with E-state index in [1.54, 1.807) is 18.3 Å². The smallest absolute Gasteiger partial charge is 0.317 e. The molecule has 1 aromatic rings. The number of nitrogens with zero attached hydrogens (tertiary/aromatic N) is 2. The SMILES string of the molecule is CC1(C)CCN(C(=O)NC2CCC(Oc3ncccc3Cl)CC2)C1. The zero-order valence-electron chi connectivity index (χ0n) is 14.4. The van der Waals surface area contributed by atoms with Gasteiger partial charge < -0.3 is 15.0 Å². The van der Waals surface area contributed by atoms with Gasteiger partial charge in [0.2, 0.25) is 5.88 Å². The van der Waals surface area contributed by atoms with Gasteiger partial charge in [0.25, 0.3) is 0 Å². The monoisotopic (exact) mass is 351 g/mol. The second kappa shape index (κ2) is 7.18. The minimum absolute atomic E-state index is 0.0812. The molecule has 0 atom stereocenters. The van der Waals surface area contributed by atoms with Crippen LogP contribution in [0.2, 0.25) is 5.02 Å². The normalized spacial score (nSPS) is 26.2. The van der Waals surface area contributed by atoms with E-state index in [0.717, 1.165) is 45.2 Å². The number of ether oxygens (including phenoxy) is 1. The topological polar surface area (TPSA) is 54.5 Å². The lowest BCUT2D eigenvalue weighted by Crippen LogP contribution is -2.46. The summed E-state index contributed by atoms with van der Waals surface area (Å²) in [5, 5.41) is 3.73. The van der Waals surface area contributed by atoms with Crippen molar-refractivity contribution in [3.8, 4) is 5.88 Å². The van der Waals surface area contributed by atoms with Gasteiger partial charge >= 0.3 is 6.03 Å². The number of likely N-dealkylation sites (tertiary alicyclic amines) is 1. The van der Waals surface area contributed by atoms with Crippen molar-refractivity contribution in [1.82, 2.24) is 15.2 Å². The van der Waals surface area contributed by atoms with Gasteiger partial charge in [0.1, 0.15) is 11.1 Å². The van der Waals surface area contributed by atoms with Crippen molar-refractivity contribution in [1.29, 1.82) is 0 Å². The Morgan fingerprint density at radius 1 is 1.38 bits per heavy atom. The minimum Gasteiger partial charge on any atom is -0.473 e. The van der Waals surface area contributed by atoms with E-state index in [1.807, 2.05) is 4.90 Å². The molecule has 1 aliphatic heterocycles. The first-order valence-electron chi connectivity index (χ1n) is 8.75. The highest BCUT2D eigenvalue weighted by Gasteiger charge is 2.33. The lowest BCUT2D eigenvalue weighted by molar-refractivity contribution is 0.132. The number of urea groups is 1. The van der Waals surface area contributed by atoms with Crippen LogP contribution < -0.4 is 10.1 Å². The Morgan fingerprint density at radius 2 is 2.12 bits per heavy atom. The summed E-state index contributed by atoms with van der Waals surface area (Å²) >= 11 is 6.09. The van der Waals surface area contributed by atoms with Crippen molar-refractivity contribution in [3.63, 3.8) is 0 Å². The summed E-state index contributed by atoms with van der Waals surface area (Å²) in [6, 6.07) is 3.90. The van der Waals surface area contributed by atoms with Crippen LogP contribution in [0.1, 0.15) is 46.0 Å². The van der Waals surface area contributed by atoms with E-state index in [4.69, 9.17) is 16.3 Å². The third-order valence-electron chi connectivity index (χ3n) is 4.97. The summed E-state index contributed by atoms with van der Waals surface area (Å²) in [5.41, 5.74) is 0.241. The molecule has 3 rings (SSSR count). The Kier molecular flexibility index (Phi) is 5.18. The van der Waals surface area contributed by atoms with Crippen molar-refractivity contribution < 1.29 is 9.53 Å². The van der Waals surface area contributed by atoms with Crippen LogP contribution in [-0.2, 0) is 0 Å². The average molecular weight is 352 g/mol. The Bertz CT molecular complexity index is 585. The van der Waals surface area contributed by atoms with Crippen LogP contribution >= 0.6 is 11.6 Å². The van der Waals surface area contributed by atoms with Crippen molar-refractivity contribution in [2.75, 3.05) is 13.1 Å². The van der Waals surface area contributed by atoms with E-state index in [-0.39, 0.29) is 23.6 Å². The first-order valence-corrected chi connectivity index (χ1v) is 9.13. The van der Waals surface area contributed by atoms with Gasteiger partial charge in [0.05, 0.1) is 0 Å². The Hall–Kier alpha value is -1.49. The number of hydrogen-bond donors (Lipinski definition) is 1. The van der Waals surface area contributed by atoms with Crippen LogP contribution in [0.15, 0.2) is 18.3 Å². The lowest BCUT2D eigenvalue weighted by Gasteiger charge is -2.31. The molecule has 0 unspecified atom stereocenters. The molecule has 0 aromatic carbocycles. The van der Waals surface area contributed by atoms with Crippen LogP contribution in [0.4, 0.5) is 4.79 Å². The predicted molar refractivity (Wildman–Crippen MR) is 94.4 cm³/mol. The van der Waals surface area contributed by atoms with Crippen molar-refractivity contribution >= 4 is 17.6 Å². The molecular formula is C18H26ClN3O2. The summed E-state index contributed by atoms with van der Waals surface area (Å²) in [7, 11) is 0. The summed E-state index contributed by atoms with van der Waals surface area (Å²) in [4.78, 5) is 18.5. The maximum atomic E-state index is 12.4. The Balaban J connectivity index is 1.44. The summed E-state index contributed by atoms with van der Waals surface area (Å²) < 4.78 is 5.90. The lowest BCUT2D eigenvalue weighted by atomic mass is 9.93. The fraction of sp³-hybridized carbons (Fsp3) is 0.667. The summed E-state index contributed by atoms with van der Waals surface area (Å²) in [6.45, 7) is 6.13. The summed E-state index contributed by atoms with van der Waals surface area (Å²) in [5.74, 6) is 0.506. The van der Waals surface area contributed by atoms with Crippen LogP contribution in [-0.4, -0.2) is 41.2 Å². The van der Waals surface area contributed by atoms with Gasteiger partial charge in [0, 0.05) is 25.3 Å². The molecule has 2 amide bonds. The number of hydrogen-bond acceptors (Lipinski definition) is 3. The Labute approximate surface area is 148 Å². The van der Waals surface area contributed by atoms with Gasteiger partial charge in [-0.25, -0.2) is 9.78 Å². The molecule has 0 radical (unpaired) electrons. The van der Waals surface area contributed by atoms with Gasteiger partial charge in [0.15, 0.2) is 0 Å². The second-order valence-electron chi connectivity index (χ2n) is 7.67. The number of carbonyl (C=O) groups is 1. The molecule has 1 aromatic heterocycles. The first-order chi connectivity index (χ1) is 11.4. The largest absolute Gasteiger partial charge is 0.473 e. The van der Waals surface area contributed by atoms with Crippen molar-refractivity contribution in [3.05, 3.63) is 23.4 Å². The average Bonchev–Trinajstić information content (AvgIpc) is 2.92. The third-order valence-corrected chi connectivity index (χ3v) is 5.26. The fourth-order valence-electron chi connectivity index (χ4n) is 3.49. The number of aromatic nitrogens is 1. The minimum atomic E-state index is 0.0812. The molecule has 2 heterocycles. The standard InChI is InChI=1S/C18H26ClN3O2/c1-18(2)9-11-22(12-18)17(23)21-13-5-7-14(8-6-13)24-16-15(19)4-3-10-20-16/h3-4,10,13-14H,5-9,11-12H2,1-2H3,(H,21,23). The number of pyridine rings is 1. The second-order valence-corrected chi connectivity index (χ2v) is 8.07. The van der Waals surface area contributed by atoms with Crippen LogP contribution in [0, 0.1) is 5.41 Å². The van der Waals surface area contributed by atoms with Crippen molar-refractivity contribution in [2.24, 2.45) is 5.41 Å². The zero-order valence-corrected chi connectivity index (χ0v) is 15.2. The molecule has 1 aliphatic carbocycles. The number of rotatable bonds is 3. The highest BCUT2D eigenvalue weighted by molar-refractivity contribution is 6.31. The molecule has 24 heavy (non-hydrogen) atoms. The van der Waals surface area contributed by atoms with Gasteiger partial charge in [-0.05, 0) is 49.7 Å². The summed E-state index contributed by atoms with van der Waals surface area (Å²) in [6.07, 6.45) is 6.55. The fourth-order valence-corrected chi connectivity index (χ4v) is 3.66. The van der Waals surface area contributed by atoms with Crippen molar-refractivity contribution in [2.45, 2.75) is 58.1 Å². The van der Waals surface area contributed by atoms with Crippen LogP contribution in [0.5, 0.6) is 5.88 Å². The van der Waals surface area contributed by atoms with E-state index < -0.39 is 0 Å². The number of carbonyl (C=O) groups excluding carboxylic acids is 1. The molecule has 6 heteroatoms. The molecule has 0 bridgehead atoms. The molecule has 5 nitrogen and oxygen atoms in total. The van der Waals surface area contributed by atoms with E-state index in [2.05, 4.69) is 24.1 Å². The van der Waals surface area contributed by atoms with E-state index >= 15 is 0 Å². The predicted octanol–water partition coefficient (Wildman–Crippen LogP) is 3.87. The highest BCUT2D eigenvalue weighted by Crippen LogP contribution is 2.30. The maximum Gasteiger partial charge on any atom is 0.317 e. The molecule has 2 fully saturated rings. The number of halogens is 1. The number of nitrogens with one attached hydrogen (secondary N) is 1. The van der Waals surface area contributed by atoms with Gasteiger partial charge in [-0.1, -0.05) is 25.4 Å². The molecule has 1 saturated heterocycles. The molecule has 1 N–H and O–H groups in total. The number of amides is 2. The zero-order chi connectivity index (χ0) is 17.2. The third kappa shape index (κ3) is 4.32. The maximum absolute atomic E-state index is 12.4. The van der Waals surface area contributed by atoms with Gasteiger partial charge in [-0.2, -0.15) is 0 Å². The molecular weight excluding hydrogens is 326 g/mol. The van der Waals surface area contributed by atoms with Gasteiger partial charge in [-0.3, -0.25) is 0 Å². The first kappa shape index (κ1) is 17.3. The van der Waals surface area contributed by atoms with Crippen LogP contribution in [0.3, 0.4) is 0 Å². The Morgan fingerprint density at radius 3 is 2.75 bits per heavy atom. The molecule has 1 saturated carbocycles.